The first-order valence-corrected chi connectivity index (χ1v) is 24.1. The number of para-hydroxylation sites is 4. The van der Waals surface area contributed by atoms with Crippen LogP contribution >= 0.6 is 0 Å². The molecule has 6 rings (SSSR count). The number of nitrogens with zero attached hydrogens (tertiary/aromatic N) is 4. The fourth-order valence-electron chi connectivity index (χ4n) is 8.72. The average Bonchev–Trinajstić information content (AvgIpc) is 3.82. The summed E-state index contributed by atoms with van der Waals surface area (Å²) < 4.78 is 51.4. The van der Waals surface area contributed by atoms with Crippen molar-refractivity contribution in [3.8, 4) is 22.7 Å². The van der Waals surface area contributed by atoms with Crippen molar-refractivity contribution in [2.24, 2.45) is 0 Å². The van der Waals surface area contributed by atoms with Crippen LogP contribution in [0, 0.1) is 8.65 Å². The van der Waals surface area contributed by atoms with Crippen LogP contribution in [0.1, 0.15) is 203 Å². The van der Waals surface area contributed by atoms with Crippen LogP contribution in [0.4, 0.5) is 17.3 Å². The van der Waals surface area contributed by atoms with Gasteiger partial charge in [0.15, 0.2) is 0 Å². The van der Waals surface area contributed by atoms with Gasteiger partial charge < -0.3 is 17.3 Å². The average molecular weight is 928 g/mol. The molecular formula is C54H72BCuF4N4-4. The van der Waals surface area contributed by atoms with Crippen molar-refractivity contribution in [3.05, 3.63) is 151 Å². The second-order valence-electron chi connectivity index (χ2n) is 19.5. The van der Waals surface area contributed by atoms with E-state index in [0.29, 0.717) is 47.3 Å². The molecule has 0 saturated carbocycles. The van der Waals surface area contributed by atoms with Crippen molar-refractivity contribution >= 4 is 7.25 Å². The first-order chi connectivity index (χ1) is 30.0. The second kappa shape index (κ2) is 20.8. The Labute approximate surface area is 386 Å². The molecule has 0 spiro atoms. The van der Waals surface area contributed by atoms with Gasteiger partial charge in [-0.15, -0.1) is 0 Å². The van der Waals surface area contributed by atoms with E-state index in [1.807, 2.05) is 0 Å². The summed E-state index contributed by atoms with van der Waals surface area (Å²) in [7, 11) is -6.00. The van der Waals surface area contributed by atoms with Crippen LogP contribution < -0.4 is 0 Å². The SMILES string of the molecule is CC(C)c1cccc(C(C)C)c1-n1ccn(-c2c(C(C)C)cccc2C(C)C)[c]1=[Cu-3]=[c]1n(-c2c(C(C)C)cccc2C(C)C)ccn1-c1c(C(C)C)cccc1C(C)C.F[B-](F)(F)F. The Bertz CT molecular complexity index is 2240. The van der Waals surface area contributed by atoms with Crippen LogP contribution in [0.25, 0.3) is 22.7 Å². The molecule has 0 fully saturated rings. The van der Waals surface area contributed by atoms with E-state index in [-0.39, 0.29) is 0 Å². The smallest absolute Gasteiger partial charge is 0.418 e. The molecule has 0 atom stereocenters. The van der Waals surface area contributed by atoms with Crippen LogP contribution in [0.15, 0.2) is 97.6 Å². The topological polar surface area (TPSA) is 19.7 Å². The molecule has 4 nitrogen and oxygen atoms in total. The Kier molecular flexibility index (Phi) is 16.5. The molecule has 4 aromatic carbocycles. The molecule has 0 aliphatic carbocycles. The maximum absolute atomic E-state index is 9.75. The molecule has 64 heavy (non-hydrogen) atoms. The second-order valence-corrected chi connectivity index (χ2v) is 20.6. The summed E-state index contributed by atoms with van der Waals surface area (Å²) in [5, 5.41) is 0. The van der Waals surface area contributed by atoms with Crippen molar-refractivity contribution in [2.75, 3.05) is 0 Å². The maximum Gasteiger partial charge on any atom is 0.673 e. The molecule has 0 aliphatic rings. The molecule has 0 aliphatic heterocycles. The quantitative estimate of drug-likeness (QED) is 0.0861. The Hall–Kier alpha value is -4.40. The Balaban J connectivity index is 0.00000146. The van der Waals surface area contributed by atoms with Gasteiger partial charge in [-0.2, -0.15) is 0 Å². The predicted molar refractivity (Wildman–Crippen MR) is 260 cm³/mol. The first kappa shape index (κ1) is 50.6. The zero-order valence-corrected chi connectivity index (χ0v) is 42.0. The Morgan fingerprint density at radius 1 is 0.312 bits per heavy atom. The monoisotopic (exact) mass is 927 g/mol. The zero-order valence-electron chi connectivity index (χ0n) is 41.0. The fraction of sp³-hybridized carbons (Fsp3) is 0.444. The third-order valence-corrected chi connectivity index (χ3v) is 13.2. The van der Waals surface area contributed by atoms with Gasteiger partial charge in [-0.3, -0.25) is 0 Å². The van der Waals surface area contributed by atoms with E-state index in [0.717, 1.165) is 8.65 Å². The van der Waals surface area contributed by atoms with Crippen LogP contribution in [-0.2, 0) is 14.1 Å². The first-order valence-electron chi connectivity index (χ1n) is 23.2. The minimum Gasteiger partial charge on any atom is -0.418 e. The number of hydrogen-bond acceptors (Lipinski definition) is 0. The number of hydrogen-bond donors (Lipinski definition) is 0. The minimum atomic E-state index is -6.00. The molecule has 0 amide bonds. The minimum absolute atomic E-state index is 0.345. The normalized spacial score (nSPS) is 12.4. The summed E-state index contributed by atoms with van der Waals surface area (Å²) in [6.07, 6.45) is 9.37. The molecule has 0 bridgehead atoms. The summed E-state index contributed by atoms with van der Waals surface area (Å²) in [6.45, 7) is 37.4. The molecule has 2 aromatic heterocycles. The number of halogens is 4. The number of benzene rings is 4. The molecule has 0 radical (unpaired) electrons. The fourth-order valence-corrected chi connectivity index (χ4v) is 10.1. The maximum atomic E-state index is 9.75. The van der Waals surface area contributed by atoms with Gasteiger partial charge >= 0.3 is 371 Å². The molecule has 2 heterocycles. The molecule has 6 aromatic rings. The van der Waals surface area contributed by atoms with Gasteiger partial charge in [0.05, 0.1) is 0 Å². The van der Waals surface area contributed by atoms with E-state index >= 15 is 0 Å². The van der Waals surface area contributed by atoms with Gasteiger partial charge in [-0.1, -0.05) is 0 Å². The number of aromatic nitrogens is 4. The summed E-state index contributed by atoms with van der Waals surface area (Å²) >= 11 is 2.05. The van der Waals surface area contributed by atoms with Gasteiger partial charge in [0.1, 0.15) is 0 Å². The van der Waals surface area contributed by atoms with E-state index in [2.05, 4.69) is 241 Å². The van der Waals surface area contributed by atoms with Crippen molar-refractivity contribution in [3.63, 3.8) is 0 Å². The van der Waals surface area contributed by atoms with Crippen LogP contribution in [0.2, 0.25) is 0 Å². The molecule has 0 saturated heterocycles. The van der Waals surface area contributed by atoms with Crippen LogP contribution in [-0.4, -0.2) is 25.5 Å². The molecule has 0 N–H and O–H groups in total. The molecular weight excluding hydrogens is 855 g/mol. The standard InChI is InChI=1S/2C27H36N2.BF4.Cu/c2*1-18(2)22-11-9-12-23(19(3)4)26(22)28-15-16-29(17-28)27-24(20(5)6)13-10-14-25(27)21(7)8;2-1(3,4)5;/h2*9-16,18-21H,1-8H3;;/q;;-1;-3. The van der Waals surface area contributed by atoms with Crippen LogP contribution in [0.3, 0.4) is 0 Å². The van der Waals surface area contributed by atoms with E-state index < -0.39 is 7.25 Å². The van der Waals surface area contributed by atoms with E-state index in [1.54, 1.807) is 0 Å². The van der Waals surface area contributed by atoms with Gasteiger partial charge in [-0.25, -0.2) is 0 Å². The van der Waals surface area contributed by atoms with Crippen molar-refractivity contribution in [1.82, 2.24) is 18.3 Å². The predicted octanol–water partition coefficient (Wildman–Crippen LogP) is 17.0. The largest absolute Gasteiger partial charge is 0.673 e. The van der Waals surface area contributed by atoms with E-state index in [9.17, 15) is 17.3 Å². The third-order valence-electron chi connectivity index (χ3n) is 11.9. The van der Waals surface area contributed by atoms with Gasteiger partial charge in [0, 0.05) is 0 Å². The third kappa shape index (κ3) is 11.0. The number of rotatable bonds is 12. The van der Waals surface area contributed by atoms with Gasteiger partial charge in [0.25, 0.3) is 0 Å². The molecule has 354 valence electrons. The van der Waals surface area contributed by atoms with Gasteiger partial charge in [-0.05, 0) is 0 Å². The van der Waals surface area contributed by atoms with E-state index in [4.69, 9.17) is 0 Å². The molecule has 10 heteroatoms. The zero-order chi connectivity index (χ0) is 47.5. The summed E-state index contributed by atoms with van der Waals surface area (Å²) in [5.74, 6) is 2.76. The van der Waals surface area contributed by atoms with Crippen LogP contribution in [0.5, 0.6) is 0 Å². The van der Waals surface area contributed by atoms with E-state index in [1.165, 1.54) is 67.3 Å². The summed E-state index contributed by atoms with van der Waals surface area (Å²) in [5.41, 5.74) is 16.1. The molecule has 0 unspecified atom stereocenters. The van der Waals surface area contributed by atoms with Crippen molar-refractivity contribution < 1.29 is 31.3 Å². The Morgan fingerprint density at radius 3 is 0.578 bits per heavy atom. The Morgan fingerprint density at radius 2 is 0.453 bits per heavy atom. The van der Waals surface area contributed by atoms with Crippen molar-refractivity contribution in [1.29, 1.82) is 0 Å². The van der Waals surface area contributed by atoms with Crippen molar-refractivity contribution in [2.45, 2.75) is 158 Å². The number of imidazole rings is 2. The summed E-state index contributed by atoms with van der Waals surface area (Å²) in [6, 6.07) is 27.8. The summed E-state index contributed by atoms with van der Waals surface area (Å²) in [4.78, 5) is 0. The van der Waals surface area contributed by atoms with Gasteiger partial charge in [0.2, 0.25) is 0 Å².